The summed E-state index contributed by atoms with van der Waals surface area (Å²) in [4.78, 5) is 14.8. The summed E-state index contributed by atoms with van der Waals surface area (Å²) < 4.78 is 4.96. The van der Waals surface area contributed by atoms with Crippen LogP contribution in [0.1, 0.15) is 54.6 Å². The zero-order valence-electron chi connectivity index (χ0n) is 12.2. The number of carbonyl (C=O) groups excluding carboxylic acids is 1. The topological polar surface area (TPSA) is 58.4 Å². The van der Waals surface area contributed by atoms with E-state index in [-0.39, 0.29) is 11.4 Å². The maximum atomic E-state index is 12.2. The van der Waals surface area contributed by atoms with Crippen molar-refractivity contribution in [2.45, 2.75) is 51.0 Å². The van der Waals surface area contributed by atoms with Crippen molar-refractivity contribution in [2.24, 2.45) is 0 Å². The van der Waals surface area contributed by atoms with E-state index in [1.54, 1.807) is 6.92 Å². The fraction of sp³-hybridized carbons (Fsp3) is 0.733. The normalized spacial score (nSPS) is 22.2. The van der Waals surface area contributed by atoms with E-state index in [2.05, 4.69) is 15.4 Å². The first-order chi connectivity index (χ1) is 9.71. The third-order valence-corrected chi connectivity index (χ3v) is 4.88. The molecule has 1 aliphatic heterocycles. The van der Waals surface area contributed by atoms with Crippen molar-refractivity contribution >= 4 is 5.91 Å². The zero-order valence-corrected chi connectivity index (χ0v) is 12.2. The standard InChI is InChI=1S/C15H23N3O2/c1-12-13(10-17-20-12)14(19)16-11-15(6-2-3-7-15)18-8-4-5-9-18/h10H,2-9,11H2,1H3,(H,16,19). The number of aryl methyl sites for hydroxylation is 1. The van der Waals surface area contributed by atoms with Crippen LogP contribution in [0.4, 0.5) is 0 Å². The highest BCUT2D eigenvalue weighted by atomic mass is 16.5. The maximum absolute atomic E-state index is 12.2. The van der Waals surface area contributed by atoms with Crippen LogP contribution in [0, 0.1) is 6.92 Å². The van der Waals surface area contributed by atoms with E-state index in [0.717, 1.165) is 6.54 Å². The Kier molecular flexibility index (Phi) is 3.78. The Balaban J connectivity index is 1.65. The molecule has 1 aromatic rings. The Hall–Kier alpha value is -1.36. The van der Waals surface area contributed by atoms with Crippen molar-refractivity contribution in [3.8, 4) is 0 Å². The fourth-order valence-corrected chi connectivity index (χ4v) is 3.69. The Morgan fingerprint density at radius 2 is 2.05 bits per heavy atom. The van der Waals surface area contributed by atoms with E-state index in [1.807, 2.05) is 0 Å². The molecule has 1 amide bonds. The van der Waals surface area contributed by atoms with Crippen LogP contribution in [0.25, 0.3) is 0 Å². The smallest absolute Gasteiger partial charge is 0.256 e. The van der Waals surface area contributed by atoms with Crippen LogP contribution in [-0.2, 0) is 0 Å². The van der Waals surface area contributed by atoms with Crippen molar-refractivity contribution in [1.82, 2.24) is 15.4 Å². The van der Waals surface area contributed by atoms with Crippen molar-refractivity contribution in [2.75, 3.05) is 19.6 Å². The molecule has 1 aliphatic carbocycles. The van der Waals surface area contributed by atoms with Crippen LogP contribution in [0.15, 0.2) is 10.7 Å². The molecule has 3 rings (SSSR count). The number of amides is 1. The van der Waals surface area contributed by atoms with Crippen molar-refractivity contribution in [3.05, 3.63) is 17.5 Å². The molecule has 2 fully saturated rings. The zero-order chi connectivity index (χ0) is 14.0. The monoisotopic (exact) mass is 277 g/mol. The van der Waals surface area contributed by atoms with Gasteiger partial charge in [-0.1, -0.05) is 18.0 Å². The van der Waals surface area contributed by atoms with Gasteiger partial charge in [0.15, 0.2) is 0 Å². The summed E-state index contributed by atoms with van der Waals surface area (Å²) in [6.07, 6.45) is 9.05. The number of nitrogens with zero attached hydrogens (tertiary/aromatic N) is 2. The highest BCUT2D eigenvalue weighted by Crippen LogP contribution is 2.36. The molecule has 5 heteroatoms. The first-order valence-corrected chi connectivity index (χ1v) is 7.66. The van der Waals surface area contributed by atoms with Gasteiger partial charge in [0.2, 0.25) is 0 Å². The van der Waals surface area contributed by atoms with Gasteiger partial charge < -0.3 is 9.84 Å². The average molecular weight is 277 g/mol. The number of nitrogens with one attached hydrogen (secondary N) is 1. The van der Waals surface area contributed by atoms with Gasteiger partial charge in [-0.3, -0.25) is 9.69 Å². The third-order valence-electron chi connectivity index (χ3n) is 4.88. The molecule has 0 spiro atoms. The molecule has 2 aliphatic rings. The van der Waals surface area contributed by atoms with E-state index in [0.29, 0.717) is 11.3 Å². The molecular weight excluding hydrogens is 254 g/mol. The highest BCUT2D eigenvalue weighted by Gasteiger charge is 2.40. The molecule has 0 aromatic carbocycles. The molecule has 20 heavy (non-hydrogen) atoms. The molecule has 110 valence electrons. The number of aromatic nitrogens is 1. The lowest BCUT2D eigenvalue weighted by atomic mass is 9.95. The van der Waals surface area contributed by atoms with E-state index in [9.17, 15) is 4.79 Å². The van der Waals surface area contributed by atoms with Gasteiger partial charge in [-0.15, -0.1) is 0 Å². The molecule has 1 N–H and O–H groups in total. The SMILES string of the molecule is Cc1oncc1C(=O)NCC1(N2CCCC2)CCCC1. The van der Waals surface area contributed by atoms with E-state index in [1.165, 1.54) is 57.8 Å². The minimum atomic E-state index is -0.0609. The van der Waals surface area contributed by atoms with Crippen molar-refractivity contribution in [3.63, 3.8) is 0 Å². The number of hydrogen-bond donors (Lipinski definition) is 1. The Morgan fingerprint density at radius 3 is 2.65 bits per heavy atom. The molecule has 0 unspecified atom stereocenters. The van der Waals surface area contributed by atoms with Crippen LogP contribution >= 0.6 is 0 Å². The third kappa shape index (κ3) is 2.46. The van der Waals surface area contributed by atoms with Gasteiger partial charge in [-0.25, -0.2) is 0 Å². The van der Waals surface area contributed by atoms with Crippen LogP contribution in [0.5, 0.6) is 0 Å². The molecule has 0 atom stereocenters. The van der Waals surface area contributed by atoms with Gasteiger partial charge in [0.1, 0.15) is 11.3 Å². The van der Waals surface area contributed by atoms with Gasteiger partial charge >= 0.3 is 0 Å². The Morgan fingerprint density at radius 1 is 1.35 bits per heavy atom. The summed E-state index contributed by atoms with van der Waals surface area (Å²) in [5.41, 5.74) is 0.747. The summed E-state index contributed by atoms with van der Waals surface area (Å²) in [6, 6.07) is 0. The van der Waals surface area contributed by atoms with Gasteiger partial charge in [-0.05, 0) is 45.7 Å². The molecule has 1 aromatic heterocycles. The van der Waals surface area contributed by atoms with Crippen molar-refractivity contribution in [1.29, 1.82) is 0 Å². The fourth-order valence-electron chi connectivity index (χ4n) is 3.69. The number of hydrogen-bond acceptors (Lipinski definition) is 4. The second kappa shape index (κ2) is 5.56. The lowest BCUT2D eigenvalue weighted by Gasteiger charge is -2.39. The second-order valence-electron chi connectivity index (χ2n) is 6.10. The van der Waals surface area contributed by atoms with E-state index in [4.69, 9.17) is 4.52 Å². The van der Waals surface area contributed by atoms with Gasteiger partial charge in [0.25, 0.3) is 5.91 Å². The largest absolute Gasteiger partial charge is 0.361 e. The average Bonchev–Trinajstić information content (AvgIpc) is 3.17. The van der Waals surface area contributed by atoms with E-state index >= 15 is 0 Å². The second-order valence-corrected chi connectivity index (χ2v) is 6.10. The maximum Gasteiger partial charge on any atom is 0.256 e. The van der Waals surface area contributed by atoms with E-state index < -0.39 is 0 Å². The predicted octanol–water partition coefficient (Wildman–Crippen LogP) is 2.12. The predicted molar refractivity (Wildman–Crippen MR) is 75.6 cm³/mol. The molecule has 5 nitrogen and oxygen atoms in total. The van der Waals surface area contributed by atoms with Crippen molar-refractivity contribution < 1.29 is 9.32 Å². The van der Waals surface area contributed by atoms with Crippen LogP contribution in [0.3, 0.4) is 0 Å². The Bertz CT molecular complexity index is 471. The Labute approximate surface area is 119 Å². The summed E-state index contributed by atoms with van der Waals surface area (Å²) >= 11 is 0. The molecule has 1 saturated carbocycles. The first-order valence-electron chi connectivity index (χ1n) is 7.66. The lowest BCUT2D eigenvalue weighted by Crippen LogP contribution is -2.53. The van der Waals surface area contributed by atoms with Crippen LogP contribution < -0.4 is 5.32 Å². The van der Waals surface area contributed by atoms with Crippen LogP contribution in [-0.4, -0.2) is 41.1 Å². The summed E-state index contributed by atoms with van der Waals surface area (Å²) in [5, 5.41) is 6.78. The molecule has 0 bridgehead atoms. The number of carbonyl (C=O) groups is 1. The molecule has 0 radical (unpaired) electrons. The summed E-state index contributed by atoms with van der Waals surface area (Å²) in [7, 11) is 0. The van der Waals surface area contributed by atoms with Gasteiger partial charge in [0, 0.05) is 12.1 Å². The minimum Gasteiger partial charge on any atom is -0.361 e. The molecular formula is C15H23N3O2. The molecule has 2 heterocycles. The molecule has 1 saturated heterocycles. The lowest BCUT2D eigenvalue weighted by molar-refractivity contribution is 0.0859. The van der Waals surface area contributed by atoms with Gasteiger partial charge in [-0.2, -0.15) is 0 Å². The highest BCUT2D eigenvalue weighted by molar-refractivity contribution is 5.94. The minimum absolute atomic E-state index is 0.0609. The quantitative estimate of drug-likeness (QED) is 0.916. The number of rotatable bonds is 4. The van der Waals surface area contributed by atoms with Gasteiger partial charge in [0.05, 0.1) is 6.20 Å². The first kappa shape index (κ1) is 13.6. The number of likely N-dealkylation sites (tertiary alicyclic amines) is 1. The summed E-state index contributed by atoms with van der Waals surface area (Å²) in [5.74, 6) is 0.526. The summed E-state index contributed by atoms with van der Waals surface area (Å²) in [6.45, 7) is 4.88. The van der Waals surface area contributed by atoms with Crippen LogP contribution in [0.2, 0.25) is 0 Å².